The Balaban J connectivity index is 3.04. The van der Waals surface area contributed by atoms with E-state index >= 15 is 0 Å². The van der Waals surface area contributed by atoms with Gasteiger partial charge in [0.05, 0.1) is 6.10 Å². The van der Waals surface area contributed by atoms with E-state index in [1.54, 1.807) is 0 Å². The van der Waals surface area contributed by atoms with E-state index in [-0.39, 0.29) is 16.2 Å². The Labute approximate surface area is 164 Å². The zero-order valence-electron chi connectivity index (χ0n) is 17.0. The second-order valence-electron chi connectivity index (χ2n) is 9.94. The van der Waals surface area contributed by atoms with E-state index in [4.69, 9.17) is 8.85 Å². The van der Waals surface area contributed by atoms with Gasteiger partial charge in [-0.3, -0.25) is 0 Å². The monoisotopic (exact) mass is 479 g/mol. The van der Waals surface area contributed by atoms with Gasteiger partial charge in [0, 0.05) is 10.0 Å². The summed E-state index contributed by atoms with van der Waals surface area (Å²) in [5.74, 6) is 0. The molecule has 0 radical (unpaired) electrons. The molecule has 138 valence electrons. The van der Waals surface area contributed by atoms with Crippen LogP contribution in [0.4, 0.5) is 0 Å². The number of hydrogen-bond acceptors (Lipinski definition) is 3. The van der Waals surface area contributed by atoms with Gasteiger partial charge < -0.3 is 8.85 Å². The molecule has 0 aromatic carbocycles. The average Bonchev–Trinajstić information content (AvgIpc) is 2.61. The summed E-state index contributed by atoms with van der Waals surface area (Å²) in [6.45, 7) is 22.3. The molecule has 0 saturated heterocycles. The number of nitrogens with zero attached hydrogens (tertiary/aromatic N) is 1. The molecule has 0 aromatic rings. The first-order valence-corrected chi connectivity index (χ1v) is 15.5. The van der Waals surface area contributed by atoms with Gasteiger partial charge in [-0.25, -0.2) is 0 Å². The number of rotatable bonds is 4. The van der Waals surface area contributed by atoms with Crippen molar-refractivity contribution in [1.82, 2.24) is 0 Å². The van der Waals surface area contributed by atoms with Crippen LogP contribution in [-0.2, 0) is 8.85 Å². The topological polar surface area (TPSA) is 42.2 Å². The SMILES string of the molecule is CC(C)(C)[Si](C)(C)O[C@@H]1C=C(I)[C@](C#N)(O[Si](C)(C)C(C)(C)C)C1. The second kappa shape index (κ2) is 6.80. The standard InChI is InChI=1S/C18H34INO2Si2/c1-16(2,3)23(7,8)21-14-11-15(19)18(12-14,13-20)22-24(9,10)17(4,5)6/h11,14H,12H2,1-10H3/t14-,18+/m1/s1. The Bertz CT molecular complexity index is 553. The number of nitriles is 1. The van der Waals surface area contributed by atoms with Crippen LogP contribution >= 0.6 is 22.6 Å². The summed E-state index contributed by atoms with van der Waals surface area (Å²) >= 11 is 2.27. The van der Waals surface area contributed by atoms with Crippen molar-refractivity contribution < 1.29 is 8.85 Å². The van der Waals surface area contributed by atoms with Gasteiger partial charge in [-0.05, 0) is 64.9 Å². The molecule has 1 rings (SSSR count). The summed E-state index contributed by atoms with van der Waals surface area (Å²) in [7, 11) is -3.91. The van der Waals surface area contributed by atoms with E-state index in [0.29, 0.717) is 6.42 Å². The van der Waals surface area contributed by atoms with Crippen molar-refractivity contribution in [3.8, 4) is 6.07 Å². The van der Waals surface area contributed by atoms with Crippen LogP contribution in [0.5, 0.6) is 0 Å². The van der Waals surface area contributed by atoms with E-state index in [2.05, 4.69) is 102 Å². The fraction of sp³-hybridized carbons (Fsp3) is 0.833. The van der Waals surface area contributed by atoms with Crippen LogP contribution in [0.15, 0.2) is 9.66 Å². The first kappa shape index (κ1) is 22.4. The van der Waals surface area contributed by atoms with Crippen molar-refractivity contribution in [2.24, 2.45) is 0 Å². The van der Waals surface area contributed by atoms with Crippen LogP contribution < -0.4 is 0 Å². The van der Waals surface area contributed by atoms with Crippen LogP contribution in [0.25, 0.3) is 0 Å². The zero-order valence-corrected chi connectivity index (χ0v) is 21.2. The lowest BCUT2D eigenvalue weighted by Gasteiger charge is -2.42. The molecule has 3 nitrogen and oxygen atoms in total. The molecule has 0 aromatic heterocycles. The van der Waals surface area contributed by atoms with E-state index in [0.717, 1.165) is 3.58 Å². The zero-order chi connectivity index (χ0) is 19.2. The third kappa shape index (κ3) is 4.53. The molecule has 0 saturated carbocycles. The highest BCUT2D eigenvalue weighted by Gasteiger charge is 2.51. The summed E-state index contributed by atoms with van der Waals surface area (Å²) in [5.41, 5.74) is -0.837. The summed E-state index contributed by atoms with van der Waals surface area (Å²) in [5, 5.41) is 10.2. The first-order valence-electron chi connectivity index (χ1n) is 8.64. The Kier molecular flexibility index (Phi) is 6.33. The van der Waals surface area contributed by atoms with Crippen LogP contribution in [-0.4, -0.2) is 28.3 Å². The maximum absolute atomic E-state index is 9.95. The largest absolute Gasteiger partial charge is 0.410 e. The van der Waals surface area contributed by atoms with Crippen molar-refractivity contribution in [1.29, 1.82) is 5.26 Å². The number of hydrogen-bond donors (Lipinski definition) is 0. The molecule has 0 fully saturated rings. The molecule has 0 spiro atoms. The van der Waals surface area contributed by atoms with Crippen LogP contribution in [0, 0.1) is 11.3 Å². The summed E-state index contributed by atoms with van der Waals surface area (Å²) in [6, 6.07) is 2.48. The van der Waals surface area contributed by atoms with Gasteiger partial charge in [-0.1, -0.05) is 41.5 Å². The molecule has 0 bridgehead atoms. The molecule has 6 heteroatoms. The predicted octanol–water partition coefficient (Wildman–Crippen LogP) is 6.38. The van der Waals surface area contributed by atoms with E-state index in [9.17, 15) is 5.26 Å². The van der Waals surface area contributed by atoms with Crippen LogP contribution in [0.3, 0.4) is 0 Å². The van der Waals surface area contributed by atoms with Crippen molar-refractivity contribution in [2.75, 3.05) is 0 Å². The molecule has 2 atom stereocenters. The minimum Gasteiger partial charge on any atom is -0.410 e. The van der Waals surface area contributed by atoms with Gasteiger partial charge >= 0.3 is 0 Å². The molecule has 0 N–H and O–H groups in total. The highest BCUT2D eigenvalue weighted by molar-refractivity contribution is 14.1. The average molecular weight is 480 g/mol. The number of halogens is 1. The van der Waals surface area contributed by atoms with Crippen molar-refractivity contribution >= 4 is 39.2 Å². The minimum atomic E-state index is -2.04. The maximum Gasteiger partial charge on any atom is 0.194 e. The van der Waals surface area contributed by atoms with Gasteiger partial charge in [0.15, 0.2) is 22.2 Å². The van der Waals surface area contributed by atoms with Gasteiger partial charge in [0.2, 0.25) is 0 Å². The molecular weight excluding hydrogens is 445 g/mol. The van der Waals surface area contributed by atoms with Gasteiger partial charge in [0.1, 0.15) is 6.07 Å². The molecular formula is C18H34INO2Si2. The lowest BCUT2D eigenvalue weighted by molar-refractivity contribution is 0.113. The quantitative estimate of drug-likeness (QED) is 0.347. The Hall–Kier alpha value is 0.314. The highest BCUT2D eigenvalue weighted by atomic mass is 127. The summed E-state index contributed by atoms with van der Waals surface area (Å²) < 4.78 is 14.1. The molecule has 1 aliphatic rings. The lowest BCUT2D eigenvalue weighted by Crippen LogP contribution is -2.50. The minimum absolute atomic E-state index is 0.0257. The molecule has 0 amide bonds. The Morgan fingerprint density at radius 3 is 1.92 bits per heavy atom. The van der Waals surface area contributed by atoms with Crippen molar-refractivity contribution in [2.45, 2.75) is 95.9 Å². The normalized spacial score (nSPS) is 26.2. The van der Waals surface area contributed by atoms with Gasteiger partial charge in [-0.2, -0.15) is 5.26 Å². The van der Waals surface area contributed by atoms with Gasteiger partial charge in [0.25, 0.3) is 0 Å². The van der Waals surface area contributed by atoms with Gasteiger partial charge in [-0.15, -0.1) is 0 Å². The first-order chi connectivity index (χ1) is 10.5. The smallest absolute Gasteiger partial charge is 0.194 e. The lowest BCUT2D eigenvalue weighted by atomic mass is 10.1. The predicted molar refractivity (Wildman–Crippen MR) is 115 cm³/mol. The molecule has 0 heterocycles. The van der Waals surface area contributed by atoms with Crippen molar-refractivity contribution in [3.63, 3.8) is 0 Å². The summed E-state index contributed by atoms with van der Waals surface area (Å²) in [4.78, 5) is 0. The van der Waals surface area contributed by atoms with E-state index in [1.165, 1.54) is 0 Å². The van der Waals surface area contributed by atoms with Crippen molar-refractivity contribution in [3.05, 3.63) is 9.66 Å². The highest BCUT2D eigenvalue weighted by Crippen LogP contribution is 2.48. The Morgan fingerprint density at radius 2 is 1.54 bits per heavy atom. The second-order valence-corrected chi connectivity index (χ2v) is 20.6. The van der Waals surface area contributed by atoms with E-state index in [1.807, 2.05) is 0 Å². The molecule has 0 aliphatic heterocycles. The molecule has 0 unspecified atom stereocenters. The molecule has 24 heavy (non-hydrogen) atoms. The summed E-state index contributed by atoms with van der Waals surface area (Å²) in [6.07, 6.45) is 2.69. The molecule has 1 aliphatic carbocycles. The third-order valence-corrected chi connectivity index (χ3v) is 16.1. The fourth-order valence-corrected chi connectivity index (χ4v) is 5.91. The van der Waals surface area contributed by atoms with Crippen LogP contribution in [0.1, 0.15) is 48.0 Å². The Morgan fingerprint density at radius 1 is 1.08 bits per heavy atom. The fourth-order valence-electron chi connectivity index (χ4n) is 2.17. The maximum atomic E-state index is 9.95. The van der Waals surface area contributed by atoms with E-state index < -0.39 is 22.2 Å². The third-order valence-electron chi connectivity index (χ3n) is 5.88. The van der Waals surface area contributed by atoms with Crippen LogP contribution in [0.2, 0.25) is 36.3 Å².